The van der Waals surface area contributed by atoms with E-state index >= 15 is 0 Å². The van der Waals surface area contributed by atoms with Crippen LogP contribution in [0.4, 0.5) is 0 Å². The summed E-state index contributed by atoms with van der Waals surface area (Å²) in [6, 6.07) is 0. The molecule has 0 radical (unpaired) electrons. The van der Waals surface area contributed by atoms with Crippen LogP contribution in [0.1, 0.15) is 0 Å². The van der Waals surface area contributed by atoms with E-state index in [1.165, 1.54) is 0 Å². The van der Waals surface area contributed by atoms with Crippen LogP contribution in [0.5, 0.6) is 0 Å². The van der Waals surface area contributed by atoms with Crippen molar-refractivity contribution < 1.29 is 0 Å². The van der Waals surface area contributed by atoms with Crippen molar-refractivity contribution in [2.45, 2.75) is 0 Å². The molecule has 0 spiro atoms. The lowest BCUT2D eigenvalue weighted by atomic mass is 10.5. The zero-order valence-corrected chi connectivity index (χ0v) is 5.01. The maximum Gasteiger partial charge on any atom is 0.0307 e. The highest BCUT2D eigenvalue weighted by molar-refractivity contribution is 4.69. The topological polar surface area (TPSA) is 55.3 Å². The normalized spacial score (nSPS) is 9.88. The zero-order chi connectivity index (χ0) is 6.41. The monoisotopic (exact) mass is 115 g/mol. The molecule has 0 aliphatic heterocycles. The molecule has 4 N–H and O–H groups in total. The minimum atomic E-state index is 0.602. The van der Waals surface area contributed by atoms with Crippen LogP contribution in [0.25, 0.3) is 0 Å². The summed E-state index contributed by atoms with van der Waals surface area (Å²) >= 11 is 0. The van der Waals surface area contributed by atoms with Crippen LogP contribution in [0.3, 0.4) is 0 Å². The van der Waals surface area contributed by atoms with Gasteiger partial charge in [-0.3, -0.25) is 5.84 Å². The number of rotatable bonds is 4. The molecule has 0 aromatic heterocycles. The van der Waals surface area contributed by atoms with Crippen LogP contribution < -0.4 is 11.6 Å². The van der Waals surface area contributed by atoms with Gasteiger partial charge in [0.1, 0.15) is 0 Å². The van der Waals surface area contributed by atoms with Gasteiger partial charge in [-0.2, -0.15) is 0 Å². The van der Waals surface area contributed by atoms with E-state index in [-0.39, 0.29) is 0 Å². The van der Waals surface area contributed by atoms with E-state index < -0.39 is 0 Å². The molecule has 0 amide bonds. The Bertz CT molecular complexity index is 62.7. The lowest BCUT2D eigenvalue weighted by Crippen LogP contribution is -2.35. The molecule has 0 saturated heterocycles. The minimum absolute atomic E-state index is 0.602. The quantitative estimate of drug-likeness (QED) is 0.289. The Morgan fingerprint density at radius 3 is 2.62 bits per heavy atom. The third kappa shape index (κ3) is 3.80. The molecule has 0 rings (SSSR count). The van der Waals surface area contributed by atoms with Crippen molar-refractivity contribution in [3.05, 3.63) is 12.7 Å². The standard InChI is InChI=1S/C5H13N3/c1-2-4-8(7)5-3-6/h2H,1,3-7H2. The first-order valence-corrected chi connectivity index (χ1v) is 2.62. The lowest BCUT2D eigenvalue weighted by Gasteiger charge is -2.10. The molecular formula is C5H13N3. The van der Waals surface area contributed by atoms with E-state index in [9.17, 15) is 0 Å². The largest absolute Gasteiger partial charge is 0.329 e. The van der Waals surface area contributed by atoms with Gasteiger partial charge in [0, 0.05) is 19.6 Å². The average molecular weight is 115 g/mol. The molecule has 0 aliphatic carbocycles. The Morgan fingerprint density at radius 2 is 2.25 bits per heavy atom. The van der Waals surface area contributed by atoms with Gasteiger partial charge in [0.15, 0.2) is 0 Å². The van der Waals surface area contributed by atoms with Crippen LogP contribution in [-0.4, -0.2) is 24.6 Å². The summed E-state index contributed by atoms with van der Waals surface area (Å²) in [5.74, 6) is 5.38. The summed E-state index contributed by atoms with van der Waals surface area (Å²) in [4.78, 5) is 0. The van der Waals surface area contributed by atoms with Crippen molar-refractivity contribution in [1.82, 2.24) is 5.01 Å². The van der Waals surface area contributed by atoms with Crippen molar-refractivity contribution in [3.8, 4) is 0 Å². The fraction of sp³-hybridized carbons (Fsp3) is 0.600. The summed E-state index contributed by atoms with van der Waals surface area (Å²) in [6.45, 7) is 5.56. The Labute approximate surface area is 49.9 Å². The highest BCUT2D eigenvalue weighted by Crippen LogP contribution is 1.72. The fourth-order valence-electron chi connectivity index (χ4n) is 0.423. The molecule has 0 saturated carbocycles. The first-order chi connectivity index (χ1) is 3.81. The second-order valence-electron chi connectivity index (χ2n) is 1.57. The Hall–Kier alpha value is -0.380. The molecule has 0 bridgehead atoms. The van der Waals surface area contributed by atoms with Crippen LogP contribution in [0.15, 0.2) is 12.7 Å². The summed E-state index contributed by atoms with van der Waals surface area (Å²) in [5.41, 5.74) is 5.20. The Morgan fingerprint density at radius 1 is 1.62 bits per heavy atom. The van der Waals surface area contributed by atoms with Crippen molar-refractivity contribution in [1.29, 1.82) is 0 Å². The molecule has 3 heteroatoms. The summed E-state index contributed by atoms with van der Waals surface area (Å²) < 4.78 is 0. The highest BCUT2D eigenvalue weighted by Gasteiger charge is 1.88. The highest BCUT2D eigenvalue weighted by atomic mass is 15.4. The molecule has 0 aliphatic rings. The van der Waals surface area contributed by atoms with Gasteiger partial charge in [-0.15, -0.1) is 6.58 Å². The second-order valence-corrected chi connectivity index (χ2v) is 1.57. The van der Waals surface area contributed by atoms with E-state index in [1.54, 1.807) is 11.1 Å². The molecule has 0 aromatic rings. The first kappa shape index (κ1) is 7.62. The van der Waals surface area contributed by atoms with Crippen LogP contribution in [-0.2, 0) is 0 Å². The van der Waals surface area contributed by atoms with Gasteiger partial charge in [-0.25, -0.2) is 5.01 Å². The smallest absolute Gasteiger partial charge is 0.0307 e. The third-order valence-corrected chi connectivity index (χ3v) is 0.780. The third-order valence-electron chi connectivity index (χ3n) is 0.780. The average Bonchev–Trinajstić information content (AvgIpc) is 1.68. The molecular weight excluding hydrogens is 102 g/mol. The number of nitrogens with two attached hydrogens (primary N) is 2. The van der Waals surface area contributed by atoms with Gasteiger partial charge in [-0.05, 0) is 0 Å². The maximum atomic E-state index is 5.38. The SMILES string of the molecule is C=CCN(N)CCN. The van der Waals surface area contributed by atoms with Gasteiger partial charge in [0.2, 0.25) is 0 Å². The molecule has 3 nitrogen and oxygen atoms in total. The molecule has 0 heterocycles. The maximum absolute atomic E-state index is 5.38. The summed E-state index contributed by atoms with van der Waals surface area (Å²) in [6.07, 6.45) is 1.75. The van der Waals surface area contributed by atoms with E-state index in [0.29, 0.717) is 13.1 Å². The van der Waals surface area contributed by atoms with Gasteiger partial charge >= 0.3 is 0 Å². The minimum Gasteiger partial charge on any atom is -0.329 e. The van der Waals surface area contributed by atoms with Crippen LogP contribution >= 0.6 is 0 Å². The molecule has 0 fully saturated rings. The Balaban J connectivity index is 3.03. The van der Waals surface area contributed by atoms with Crippen molar-refractivity contribution in [2.75, 3.05) is 19.6 Å². The zero-order valence-electron chi connectivity index (χ0n) is 5.01. The number of hydrazine groups is 1. The predicted octanol–water partition coefficient (Wildman–Crippen LogP) is -0.693. The van der Waals surface area contributed by atoms with E-state index in [1.807, 2.05) is 0 Å². The van der Waals surface area contributed by atoms with Crippen LogP contribution in [0, 0.1) is 0 Å². The van der Waals surface area contributed by atoms with Crippen molar-refractivity contribution in [3.63, 3.8) is 0 Å². The lowest BCUT2D eigenvalue weighted by molar-refractivity contribution is 0.324. The molecule has 0 aromatic carbocycles. The first-order valence-electron chi connectivity index (χ1n) is 2.62. The summed E-state index contributed by atoms with van der Waals surface area (Å²) in [7, 11) is 0. The number of hydrogen-bond acceptors (Lipinski definition) is 3. The van der Waals surface area contributed by atoms with Gasteiger partial charge in [0.25, 0.3) is 0 Å². The van der Waals surface area contributed by atoms with E-state index in [0.717, 1.165) is 6.54 Å². The fourth-order valence-corrected chi connectivity index (χ4v) is 0.423. The number of nitrogens with zero attached hydrogens (tertiary/aromatic N) is 1. The van der Waals surface area contributed by atoms with Gasteiger partial charge in [0.05, 0.1) is 0 Å². The second kappa shape index (κ2) is 4.77. The molecule has 8 heavy (non-hydrogen) atoms. The van der Waals surface area contributed by atoms with Crippen molar-refractivity contribution in [2.24, 2.45) is 11.6 Å². The van der Waals surface area contributed by atoms with Gasteiger partial charge in [-0.1, -0.05) is 6.08 Å². The number of hydrogen-bond donors (Lipinski definition) is 2. The molecule has 0 unspecified atom stereocenters. The van der Waals surface area contributed by atoms with E-state index in [2.05, 4.69) is 6.58 Å². The predicted molar refractivity (Wildman–Crippen MR) is 35.0 cm³/mol. The summed E-state index contributed by atoms with van der Waals surface area (Å²) in [5, 5.41) is 1.62. The van der Waals surface area contributed by atoms with Gasteiger partial charge < -0.3 is 5.73 Å². The van der Waals surface area contributed by atoms with Crippen LogP contribution in [0.2, 0.25) is 0 Å². The van der Waals surface area contributed by atoms with E-state index in [4.69, 9.17) is 11.6 Å². The molecule has 48 valence electrons. The van der Waals surface area contributed by atoms with Crippen molar-refractivity contribution >= 4 is 0 Å². The Kier molecular flexibility index (Phi) is 4.54. The molecule has 0 atom stereocenters.